The van der Waals surface area contributed by atoms with Crippen molar-refractivity contribution in [3.05, 3.63) is 0 Å². The van der Waals surface area contributed by atoms with Crippen LogP contribution >= 0.6 is 0 Å². The third-order valence-electron chi connectivity index (χ3n) is 2.73. The first kappa shape index (κ1) is 11.2. The van der Waals surface area contributed by atoms with Crippen LogP contribution in [0.4, 0.5) is 0 Å². The van der Waals surface area contributed by atoms with Gasteiger partial charge in [0.15, 0.2) is 0 Å². The Labute approximate surface area is 81.7 Å². The van der Waals surface area contributed by atoms with Crippen LogP contribution in [0.25, 0.3) is 0 Å². The molecule has 1 fully saturated rings. The van der Waals surface area contributed by atoms with E-state index in [0.29, 0.717) is 0 Å². The molecule has 0 spiro atoms. The fourth-order valence-electron chi connectivity index (χ4n) is 1.57. The van der Waals surface area contributed by atoms with Crippen LogP contribution in [0.5, 0.6) is 0 Å². The van der Waals surface area contributed by atoms with E-state index in [-0.39, 0.29) is 0 Å². The Morgan fingerprint density at radius 3 is 2.00 bits per heavy atom. The van der Waals surface area contributed by atoms with E-state index in [1.807, 2.05) is 0 Å². The van der Waals surface area contributed by atoms with Crippen LogP contribution in [-0.2, 0) is 13.3 Å². The second-order valence-corrected chi connectivity index (χ2v) is 6.72. The van der Waals surface area contributed by atoms with Gasteiger partial charge in [-0.3, -0.25) is 0 Å². The molecule has 1 aliphatic carbocycles. The molecule has 0 aromatic rings. The first-order chi connectivity index (χ1) is 6.26. The second kappa shape index (κ2) is 5.10. The first-order valence-electron chi connectivity index (χ1n) is 4.92. The van der Waals surface area contributed by atoms with Crippen LogP contribution in [0.3, 0.4) is 0 Å². The van der Waals surface area contributed by atoms with Gasteiger partial charge in [0, 0.05) is 27.4 Å². The molecule has 13 heavy (non-hydrogen) atoms. The molecule has 1 saturated carbocycles. The molecule has 4 heteroatoms. The molecule has 0 atom stereocenters. The minimum absolute atomic E-state index is 0.951. The average Bonchev–Trinajstić information content (AvgIpc) is 2.97. The third kappa shape index (κ3) is 3.38. The normalized spacial score (nSPS) is 17.8. The molecule has 78 valence electrons. The summed E-state index contributed by atoms with van der Waals surface area (Å²) in [4.78, 5) is 0. The van der Waals surface area contributed by atoms with Gasteiger partial charge in [0.2, 0.25) is 0 Å². The van der Waals surface area contributed by atoms with Gasteiger partial charge in [-0.1, -0.05) is 19.3 Å². The smallest absolute Gasteiger partial charge is 0.377 e. The van der Waals surface area contributed by atoms with E-state index in [1.54, 1.807) is 21.3 Å². The van der Waals surface area contributed by atoms with Gasteiger partial charge in [-0.05, 0) is 12.3 Å². The Kier molecular flexibility index (Phi) is 4.38. The van der Waals surface area contributed by atoms with Crippen molar-refractivity contribution >= 4 is 8.80 Å². The third-order valence-corrected chi connectivity index (χ3v) is 5.56. The Morgan fingerprint density at radius 2 is 1.62 bits per heavy atom. The summed E-state index contributed by atoms with van der Waals surface area (Å²) in [6.45, 7) is 0. The molecular formula is C9H20O3Si. The maximum atomic E-state index is 5.33. The fourth-order valence-corrected chi connectivity index (χ4v) is 3.32. The van der Waals surface area contributed by atoms with Crippen molar-refractivity contribution in [1.29, 1.82) is 0 Å². The van der Waals surface area contributed by atoms with Gasteiger partial charge >= 0.3 is 8.80 Å². The van der Waals surface area contributed by atoms with Crippen molar-refractivity contribution in [2.75, 3.05) is 21.3 Å². The summed E-state index contributed by atoms with van der Waals surface area (Å²) in [7, 11) is 2.77. The van der Waals surface area contributed by atoms with Crippen molar-refractivity contribution in [2.24, 2.45) is 5.92 Å². The van der Waals surface area contributed by atoms with Crippen LogP contribution in [0.15, 0.2) is 0 Å². The molecular weight excluding hydrogens is 184 g/mol. The molecule has 3 nitrogen and oxygen atoms in total. The van der Waals surface area contributed by atoms with Crippen LogP contribution in [-0.4, -0.2) is 30.1 Å². The van der Waals surface area contributed by atoms with E-state index in [1.165, 1.54) is 25.7 Å². The van der Waals surface area contributed by atoms with Crippen molar-refractivity contribution in [3.63, 3.8) is 0 Å². The lowest BCUT2D eigenvalue weighted by Crippen LogP contribution is -2.42. The second-order valence-electron chi connectivity index (χ2n) is 3.63. The molecule has 0 saturated heterocycles. The van der Waals surface area contributed by atoms with Crippen molar-refractivity contribution in [3.8, 4) is 0 Å². The highest BCUT2D eigenvalue weighted by molar-refractivity contribution is 6.60. The molecule has 0 radical (unpaired) electrons. The highest BCUT2D eigenvalue weighted by Gasteiger charge is 2.37. The molecule has 0 heterocycles. The van der Waals surface area contributed by atoms with Gasteiger partial charge in [0.1, 0.15) is 0 Å². The molecule has 0 unspecified atom stereocenters. The first-order valence-corrected chi connectivity index (χ1v) is 6.85. The van der Waals surface area contributed by atoms with Crippen LogP contribution in [0.2, 0.25) is 6.04 Å². The van der Waals surface area contributed by atoms with Gasteiger partial charge in [-0.15, -0.1) is 0 Å². The Morgan fingerprint density at radius 1 is 1.08 bits per heavy atom. The lowest BCUT2D eigenvalue weighted by molar-refractivity contribution is 0.122. The maximum Gasteiger partial charge on any atom is 0.500 e. The number of hydrogen-bond donors (Lipinski definition) is 0. The molecule has 0 amide bonds. The largest absolute Gasteiger partial charge is 0.500 e. The molecule has 0 aromatic heterocycles. The van der Waals surface area contributed by atoms with Gasteiger partial charge in [-0.2, -0.15) is 0 Å². The minimum atomic E-state index is -2.26. The van der Waals surface area contributed by atoms with E-state index in [0.717, 1.165) is 12.0 Å². The maximum absolute atomic E-state index is 5.33. The zero-order valence-corrected chi connectivity index (χ0v) is 9.84. The molecule has 0 aliphatic heterocycles. The predicted octanol–water partition coefficient (Wildman–Crippen LogP) is 2.05. The van der Waals surface area contributed by atoms with Gasteiger partial charge < -0.3 is 13.3 Å². The van der Waals surface area contributed by atoms with E-state index in [4.69, 9.17) is 13.3 Å². The van der Waals surface area contributed by atoms with Gasteiger partial charge in [-0.25, -0.2) is 0 Å². The molecule has 0 N–H and O–H groups in total. The van der Waals surface area contributed by atoms with Crippen molar-refractivity contribution in [2.45, 2.75) is 31.7 Å². The van der Waals surface area contributed by atoms with Gasteiger partial charge in [0.25, 0.3) is 0 Å². The van der Waals surface area contributed by atoms with E-state index < -0.39 is 8.80 Å². The van der Waals surface area contributed by atoms with Crippen molar-refractivity contribution < 1.29 is 13.3 Å². The summed E-state index contributed by atoms with van der Waals surface area (Å²) >= 11 is 0. The number of hydrogen-bond acceptors (Lipinski definition) is 3. The lowest BCUT2D eigenvalue weighted by atomic mass is 10.2. The summed E-state index contributed by atoms with van der Waals surface area (Å²) in [5, 5.41) is 0. The van der Waals surface area contributed by atoms with E-state index >= 15 is 0 Å². The van der Waals surface area contributed by atoms with Crippen molar-refractivity contribution in [1.82, 2.24) is 0 Å². The van der Waals surface area contributed by atoms with Gasteiger partial charge in [0.05, 0.1) is 0 Å². The standard InChI is InChI=1S/C9H20O3Si/c1-10-13(11-2,12-3)8-4-5-9-6-7-9/h9H,4-8H2,1-3H3. The minimum Gasteiger partial charge on any atom is -0.377 e. The van der Waals surface area contributed by atoms with E-state index in [2.05, 4.69) is 0 Å². The zero-order valence-electron chi connectivity index (χ0n) is 8.84. The summed E-state index contributed by atoms with van der Waals surface area (Å²) < 4.78 is 16.0. The van der Waals surface area contributed by atoms with Crippen LogP contribution in [0.1, 0.15) is 25.7 Å². The lowest BCUT2D eigenvalue weighted by Gasteiger charge is -2.24. The predicted molar refractivity (Wildman–Crippen MR) is 53.5 cm³/mol. The fraction of sp³-hybridized carbons (Fsp3) is 1.00. The molecule has 0 aromatic carbocycles. The Bertz CT molecular complexity index is 136. The van der Waals surface area contributed by atoms with E-state index in [9.17, 15) is 0 Å². The highest BCUT2D eigenvalue weighted by Crippen LogP contribution is 2.34. The highest BCUT2D eigenvalue weighted by atomic mass is 28.4. The average molecular weight is 204 g/mol. The summed E-state index contributed by atoms with van der Waals surface area (Å²) in [5.41, 5.74) is 0. The quantitative estimate of drug-likeness (QED) is 0.594. The number of rotatable bonds is 7. The topological polar surface area (TPSA) is 27.7 Å². The Balaban J connectivity index is 2.19. The summed E-state index contributed by atoms with van der Waals surface area (Å²) in [6.07, 6.45) is 5.32. The SMILES string of the molecule is CO[Si](CCCC1CC1)(OC)OC. The molecule has 1 aliphatic rings. The Hall–Kier alpha value is 0.0969. The summed E-state index contributed by atoms with van der Waals surface area (Å²) in [6, 6.07) is 0.951. The molecule has 1 rings (SSSR count). The van der Waals surface area contributed by atoms with Crippen LogP contribution in [0, 0.1) is 5.92 Å². The monoisotopic (exact) mass is 204 g/mol. The molecule has 0 bridgehead atoms. The zero-order chi connectivity index (χ0) is 9.73. The van der Waals surface area contributed by atoms with Crippen LogP contribution < -0.4 is 0 Å². The summed E-state index contributed by atoms with van der Waals surface area (Å²) in [5.74, 6) is 0.984.